The van der Waals surface area contributed by atoms with Crippen molar-refractivity contribution in [3.8, 4) is 5.75 Å². The lowest BCUT2D eigenvalue weighted by Gasteiger charge is -2.21. The van der Waals surface area contributed by atoms with Crippen LogP contribution in [0.5, 0.6) is 5.75 Å². The predicted molar refractivity (Wildman–Crippen MR) is 93.7 cm³/mol. The van der Waals surface area contributed by atoms with Gasteiger partial charge >= 0.3 is 5.97 Å². The van der Waals surface area contributed by atoms with Crippen molar-refractivity contribution in [1.29, 1.82) is 0 Å². The molecule has 2 fully saturated rings. The van der Waals surface area contributed by atoms with Gasteiger partial charge in [0.15, 0.2) is 6.79 Å². The maximum Gasteiger partial charge on any atom is 0.326 e. The zero-order valence-electron chi connectivity index (χ0n) is 14.7. The number of likely N-dealkylation sites (tertiary alicyclic amines) is 1. The van der Waals surface area contributed by atoms with E-state index >= 15 is 0 Å². The third kappa shape index (κ3) is 3.53. The zero-order valence-corrected chi connectivity index (χ0v) is 15.5. The molecule has 4 rings (SSSR count). The number of imide groups is 1. The van der Waals surface area contributed by atoms with Gasteiger partial charge < -0.3 is 14.2 Å². The van der Waals surface area contributed by atoms with Gasteiger partial charge in [-0.1, -0.05) is 24.4 Å². The summed E-state index contributed by atoms with van der Waals surface area (Å²) in [6.07, 6.45) is 3.33. The van der Waals surface area contributed by atoms with E-state index in [9.17, 15) is 14.4 Å². The predicted octanol–water partition coefficient (Wildman–Crippen LogP) is 2.42. The topological polar surface area (TPSA) is 82.1 Å². The second-order valence-electron chi connectivity index (χ2n) is 7.08. The maximum atomic E-state index is 12.4. The van der Waals surface area contributed by atoms with E-state index in [1.165, 1.54) is 0 Å². The van der Waals surface area contributed by atoms with Crippen LogP contribution in [0.3, 0.4) is 0 Å². The molecule has 0 bridgehead atoms. The smallest absolute Gasteiger partial charge is 0.326 e. The molecule has 2 heterocycles. The summed E-state index contributed by atoms with van der Waals surface area (Å²) >= 11 is 6.09. The van der Waals surface area contributed by atoms with Crippen LogP contribution in [-0.4, -0.2) is 36.0 Å². The standard InChI is InChI=1S/C19H20ClNO6/c20-13-5-11-8-25-10-27-17(11)12(6-13)9-26-16(22)7-21-18(23)14-3-1-2-4-15(14)19(21)24/h5-6,14-15H,1-4,7-10H2/t14-,15-/m0/s1. The molecule has 0 radical (unpaired) electrons. The van der Waals surface area contributed by atoms with Gasteiger partial charge in [0.2, 0.25) is 11.8 Å². The van der Waals surface area contributed by atoms with Crippen LogP contribution in [0.2, 0.25) is 5.02 Å². The van der Waals surface area contributed by atoms with Crippen molar-refractivity contribution in [2.45, 2.75) is 38.9 Å². The highest BCUT2D eigenvalue weighted by Gasteiger charge is 2.48. The molecule has 1 saturated heterocycles. The lowest BCUT2D eigenvalue weighted by atomic mass is 9.81. The number of rotatable bonds is 4. The number of ether oxygens (including phenoxy) is 3. The first-order valence-electron chi connectivity index (χ1n) is 9.07. The second kappa shape index (κ2) is 7.48. The summed E-state index contributed by atoms with van der Waals surface area (Å²) in [5.41, 5.74) is 1.41. The Morgan fingerprint density at radius 1 is 1.19 bits per heavy atom. The van der Waals surface area contributed by atoms with E-state index in [1.807, 2.05) is 0 Å². The number of esters is 1. The normalized spacial score (nSPS) is 24.3. The minimum Gasteiger partial charge on any atom is -0.467 e. The van der Waals surface area contributed by atoms with Crippen molar-refractivity contribution in [3.63, 3.8) is 0 Å². The molecule has 7 nitrogen and oxygen atoms in total. The first kappa shape index (κ1) is 18.3. The Labute approximate surface area is 161 Å². The first-order chi connectivity index (χ1) is 13.0. The maximum absolute atomic E-state index is 12.4. The summed E-state index contributed by atoms with van der Waals surface area (Å²) in [5.74, 6) is -1.07. The van der Waals surface area contributed by atoms with Crippen LogP contribution in [-0.2, 0) is 37.1 Å². The van der Waals surface area contributed by atoms with Crippen LogP contribution in [0.1, 0.15) is 36.8 Å². The first-order valence-corrected chi connectivity index (χ1v) is 9.45. The fourth-order valence-electron chi connectivity index (χ4n) is 4.08. The quantitative estimate of drug-likeness (QED) is 0.577. The molecule has 2 aliphatic heterocycles. The minimum absolute atomic E-state index is 0.0508. The molecule has 144 valence electrons. The van der Waals surface area contributed by atoms with Crippen LogP contribution >= 0.6 is 11.6 Å². The average Bonchev–Trinajstić information content (AvgIpc) is 2.91. The van der Waals surface area contributed by atoms with Gasteiger partial charge in [-0.25, -0.2) is 0 Å². The van der Waals surface area contributed by atoms with Crippen LogP contribution in [0.15, 0.2) is 12.1 Å². The van der Waals surface area contributed by atoms with Gasteiger partial charge in [0.25, 0.3) is 0 Å². The van der Waals surface area contributed by atoms with Crippen molar-refractivity contribution in [3.05, 3.63) is 28.3 Å². The van der Waals surface area contributed by atoms with E-state index in [4.69, 9.17) is 25.8 Å². The minimum atomic E-state index is -0.629. The molecule has 0 spiro atoms. The number of carbonyl (C=O) groups excluding carboxylic acids is 3. The van der Waals surface area contributed by atoms with Crippen molar-refractivity contribution in [1.82, 2.24) is 4.90 Å². The average molecular weight is 394 g/mol. The SMILES string of the molecule is O=C(CN1C(=O)[C@H]2CCCC[C@@H]2C1=O)OCc1cc(Cl)cc2c1OCOC2. The van der Waals surface area contributed by atoms with Crippen LogP contribution < -0.4 is 4.74 Å². The highest BCUT2D eigenvalue weighted by atomic mass is 35.5. The van der Waals surface area contributed by atoms with Crippen molar-refractivity contribution < 1.29 is 28.6 Å². The Kier molecular flexibility index (Phi) is 5.06. The largest absolute Gasteiger partial charge is 0.467 e. The molecule has 3 aliphatic rings. The molecule has 0 aromatic heterocycles. The van der Waals surface area contributed by atoms with Gasteiger partial charge in [0.05, 0.1) is 18.4 Å². The molecule has 8 heteroatoms. The summed E-state index contributed by atoms with van der Waals surface area (Å²) in [4.78, 5) is 38.2. The highest BCUT2D eigenvalue weighted by Crippen LogP contribution is 2.38. The summed E-state index contributed by atoms with van der Waals surface area (Å²) in [6.45, 7) is 0.0910. The molecule has 1 aliphatic carbocycles. The van der Waals surface area contributed by atoms with E-state index in [1.54, 1.807) is 12.1 Å². The number of halogens is 1. The summed E-state index contributed by atoms with van der Waals surface area (Å²) in [7, 11) is 0. The molecular weight excluding hydrogens is 374 g/mol. The number of hydrogen-bond donors (Lipinski definition) is 0. The van der Waals surface area contributed by atoms with Crippen molar-refractivity contribution >= 4 is 29.4 Å². The Balaban J connectivity index is 1.40. The lowest BCUT2D eigenvalue weighted by molar-refractivity contribution is -0.153. The van der Waals surface area contributed by atoms with Gasteiger partial charge in [0, 0.05) is 16.1 Å². The Bertz CT molecular complexity index is 771. The molecule has 2 amide bonds. The molecule has 0 N–H and O–H groups in total. The van der Waals surface area contributed by atoms with Gasteiger partial charge in [-0.3, -0.25) is 19.3 Å². The molecule has 1 aromatic rings. The number of benzene rings is 1. The fourth-order valence-corrected chi connectivity index (χ4v) is 4.35. The third-order valence-electron chi connectivity index (χ3n) is 5.36. The number of amides is 2. The van der Waals surface area contributed by atoms with E-state index in [2.05, 4.69) is 0 Å². The highest BCUT2D eigenvalue weighted by molar-refractivity contribution is 6.30. The van der Waals surface area contributed by atoms with Gasteiger partial charge in [-0.15, -0.1) is 0 Å². The lowest BCUT2D eigenvalue weighted by Crippen LogP contribution is -2.36. The van der Waals surface area contributed by atoms with Crippen molar-refractivity contribution in [2.24, 2.45) is 11.8 Å². The molecule has 1 aromatic carbocycles. The Morgan fingerprint density at radius 2 is 1.89 bits per heavy atom. The monoisotopic (exact) mass is 393 g/mol. The number of hydrogen-bond acceptors (Lipinski definition) is 6. The molecular formula is C19H20ClNO6. The van der Waals surface area contributed by atoms with E-state index in [-0.39, 0.29) is 43.6 Å². The van der Waals surface area contributed by atoms with E-state index in [0.29, 0.717) is 22.9 Å². The summed E-state index contributed by atoms with van der Waals surface area (Å²) in [6, 6.07) is 3.41. The van der Waals surface area contributed by atoms with Crippen LogP contribution in [0.25, 0.3) is 0 Å². The van der Waals surface area contributed by atoms with Gasteiger partial charge in [0.1, 0.15) is 18.9 Å². The molecule has 0 unspecified atom stereocenters. The number of fused-ring (bicyclic) bond motifs is 2. The van der Waals surface area contributed by atoms with E-state index in [0.717, 1.165) is 36.1 Å². The van der Waals surface area contributed by atoms with Gasteiger partial charge in [-0.05, 0) is 25.0 Å². The molecule has 2 atom stereocenters. The number of carbonyl (C=O) groups is 3. The molecule has 27 heavy (non-hydrogen) atoms. The van der Waals surface area contributed by atoms with Crippen LogP contribution in [0, 0.1) is 11.8 Å². The Morgan fingerprint density at radius 3 is 2.59 bits per heavy atom. The summed E-state index contributed by atoms with van der Waals surface area (Å²) in [5, 5.41) is 0.489. The van der Waals surface area contributed by atoms with Crippen LogP contribution in [0.4, 0.5) is 0 Å². The summed E-state index contributed by atoms with van der Waals surface area (Å²) < 4.78 is 16.0. The fraction of sp³-hybridized carbons (Fsp3) is 0.526. The van der Waals surface area contributed by atoms with E-state index < -0.39 is 5.97 Å². The zero-order chi connectivity index (χ0) is 19.0. The Hall–Kier alpha value is -2.12. The van der Waals surface area contributed by atoms with Gasteiger partial charge in [-0.2, -0.15) is 0 Å². The second-order valence-corrected chi connectivity index (χ2v) is 7.52. The third-order valence-corrected chi connectivity index (χ3v) is 5.58. The van der Waals surface area contributed by atoms with Crippen molar-refractivity contribution in [2.75, 3.05) is 13.3 Å². The number of nitrogens with zero attached hydrogens (tertiary/aromatic N) is 1. The molecule has 1 saturated carbocycles.